The van der Waals surface area contributed by atoms with Crippen molar-refractivity contribution in [1.29, 1.82) is 0 Å². The van der Waals surface area contributed by atoms with E-state index in [-0.39, 0.29) is 0 Å². The summed E-state index contributed by atoms with van der Waals surface area (Å²) in [6.07, 6.45) is 2.62. The minimum Gasteiger partial charge on any atom is -0.385 e. The van der Waals surface area contributed by atoms with E-state index in [0.29, 0.717) is 11.5 Å². The van der Waals surface area contributed by atoms with Crippen molar-refractivity contribution in [2.75, 3.05) is 25.7 Å². The molecular weight excluding hydrogens is 220 g/mol. The molecule has 1 aliphatic rings. The fourth-order valence-corrected chi connectivity index (χ4v) is 2.71. The fraction of sp³-hybridized carbons (Fsp3) is 1.00. The van der Waals surface area contributed by atoms with Crippen molar-refractivity contribution in [3.05, 3.63) is 0 Å². The van der Waals surface area contributed by atoms with E-state index >= 15 is 0 Å². The van der Waals surface area contributed by atoms with Gasteiger partial charge in [0.1, 0.15) is 0 Å². The summed E-state index contributed by atoms with van der Waals surface area (Å²) in [4.78, 5) is 0. The standard InChI is InChI=1S/C9H17BrO2/c1-8-9(7-10,3-5-11-2)4-6-12-8/h8H,3-7H2,1-2H3. The SMILES string of the molecule is COCCC1(CBr)CCOC1C. The second kappa shape index (κ2) is 4.58. The lowest BCUT2D eigenvalue weighted by molar-refractivity contribution is 0.0547. The highest BCUT2D eigenvalue weighted by molar-refractivity contribution is 9.09. The van der Waals surface area contributed by atoms with Gasteiger partial charge in [-0.25, -0.2) is 0 Å². The lowest BCUT2D eigenvalue weighted by Gasteiger charge is -2.29. The fourth-order valence-electron chi connectivity index (χ4n) is 1.69. The van der Waals surface area contributed by atoms with Crippen LogP contribution in [0.25, 0.3) is 0 Å². The molecule has 1 heterocycles. The van der Waals surface area contributed by atoms with E-state index in [2.05, 4.69) is 22.9 Å². The second-order valence-electron chi connectivity index (χ2n) is 3.50. The molecule has 1 saturated heterocycles. The van der Waals surface area contributed by atoms with Gasteiger partial charge in [0, 0.05) is 31.1 Å². The molecule has 0 N–H and O–H groups in total. The molecule has 0 radical (unpaired) electrons. The first kappa shape index (κ1) is 10.5. The molecule has 1 rings (SSSR count). The molecule has 12 heavy (non-hydrogen) atoms. The van der Waals surface area contributed by atoms with Gasteiger partial charge >= 0.3 is 0 Å². The van der Waals surface area contributed by atoms with Gasteiger partial charge in [0.15, 0.2) is 0 Å². The molecule has 2 atom stereocenters. The van der Waals surface area contributed by atoms with Crippen LogP contribution in [-0.4, -0.2) is 31.8 Å². The number of hydrogen-bond donors (Lipinski definition) is 0. The van der Waals surface area contributed by atoms with Crippen LogP contribution in [0, 0.1) is 5.41 Å². The normalized spacial score (nSPS) is 35.8. The molecular formula is C9H17BrO2. The van der Waals surface area contributed by atoms with Crippen LogP contribution >= 0.6 is 15.9 Å². The van der Waals surface area contributed by atoms with Gasteiger partial charge in [-0.2, -0.15) is 0 Å². The smallest absolute Gasteiger partial charge is 0.0612 e. The van der Waals surface area contributed by atoms with Crippen molar-refractivity contribution >= 4 is 15.9 Å². The first-order valence-electron chi connectivity index (χ1n) is 4.42. The van der Waals surface area contributed by atoms with Crippen LogP contribution in [0.15, 0.2) is 0 Å². The predicted octanol–water partition coefficient (Wildman–Crippen LogP) is 2.21. The van der Waals surface area contributed by atoms with E-state index in [1.54, 1.807) is 7.11 Å². The maximum absolute atomic E-state index is 5.57. The van der Waals surface area contributed by atoms with Gasteiger partial charge < -0.3 is 9.47 Å². The Bertz CT molecular complexity index is 140. The quantitative estimate of drug-likeness (QED) is 0.698. The molecule has 1 aliphatic heterocycles. The van der Waals surface area contributed by atoms with Crippen molar-refractivity contribution in [3.63, 3.8) is 0 Å². The topological polar surface area (TPSA) is 18.5 Å². The Hall–Kier alpha value is 0.400. The number of rotatable bonds is 4. The Labute approximate surface area is 82.7 Å². The van der Waals surface area contributed by atoms with E-state index in [9.17, 15) is 0 Å². The Balaban J connectivity index is 2.49. The molecule has 0 saturated carbocycles. The molecule has 0 spiro atoms. The first-order valence-corrected chi connectivity index (χ1v) is 5.54. The number of hydrogen-bond acceptors (Lipinski definition) is 2. The summed E-state index contributed by atoms with van der Waals surface area (Å²) in [6, 6.07) is 0. The Kier molecular flexibility index (Phi) is 4.00. The maximum Gasteiger partial charge on any atom is 0.0612 e. The maximum atomic E-state index is 5.57. The van der Waals surface area contributed by atoms with Crippen LogP contribution < -0.4 is 0 Å². The summed E-state index contributed by atoms with van der Waals surface area (Å²) in [5, 5.41) is 1.02. The third kappa shape index (κ3) is 2.01. The van der Waals surface area contributed by atoms with Gasteiger partial charge in [-0.15, -0.1) is 0 Å². The van der Waals surface area contributed by atoms with E-state index < -0.39 is 0 Å². The van der Waals surface area contributed by atoms with Crippen molar-refractivity contribution in [1.82, 2.24) is 0 Å². The van der Waals surface area contributed by atoms with Crippen LogP contribution in [-0.2, 0) is 9.47 Å². The van der Waals surface area contributed by atoms with Crippen LogP contribution in [0.2, 0.25) is 0 Å². The van der Waals surface area contributed by atoms with E-state index in [1.807, 2.05) is 0 Å². The third-order valence-corrected chi connectivity index (χ3v) is 4.02. The molecule has 2 unspecified atom stereocenters. The number of alkyl halides is 1. The lowest BCUT2D eigenvalue weighted by atomic mass is 9.81. The van der Waals surface area contributed by atoms with Crippen LogP contribution in [0.4, 0.5) is 0 Å². The largest absolute Gasteiger partial charge is 0.385 e. The zero-order valence-corrected chi connectivity index (χ0v) is 9.39. The number of halogens is 1. The first-order chi connectivity index (χ1) is 5.75. The summed E-state index contributed by atoms with van der Waals surface area (Å²) in [5.41, 5.74) is 0.315. The lowest BCUT2D eigenvalue weighted by Crippen LogP contribution is -2.31. The number of methoxy groups -OCH3 is 1. The van der Waals surface area contributed by atoms with E-state index in [1.165, 1.54) is 0 Å². The predicted molar refractivity (Wildman–Crippen MR) is 52.8 cm³/mol. The highest BCUT2D eigenvalue weighted by Gasteiger charge is 2.39. The molecule has 2 nitrogen and oxygen atoms in total. The van der Waals surface area contributed by atoms with Crippen LogP contribution in [0.5, 0.6) is 0 Å². The number of ether oxygens (including phenoxy) is 2. The highest BCUT2D eigenvalue weighted by Crippen LogP contribution is 2.39. The molecule has 0 aromatic rings. The molecule has 0 aromatic carbocycles. The third-order valence-electron chi connectivity index (χ3n) is 2.90. The monoisotopic (exact) mass is 236 g/mol. The summed E-state index contributed by atoms with van der Waals surface area (Å²) < 4.78 is 10.7. The zero-order chi connectivity index (χ0) is 9.03. The Morgan fingerprint density at radius 3 is 2.83 bits per heavy atom. The van der Waals surface area contributed by atoms with Gasteiger partial charge in [0.05, 0.1) is 6.10 Å². The van der Waals surface area contributed by atoms with E-state index in [4.69, 9.17) is 9.47 Å². The molecule has 0 aromatic heterocycles. The summed E-state index contributed by atoms with van der Waals surface area (Å²) in [7, 11) is 1.75. The molecule has 0 aliphatic carbocycles. The summed E-state index contributed by atoms with van der Waals surface area (Å²) in [5.74, 6) is 0. The average molecular weight is 237 g/mol. The van der Waals surface area contributed by atoms with Crippen molar-refractivity contribution < 1.29 is 9.47 Å². The van der Waals surface area contributed by atoms with Gasteiger partial charge in [-0.1, -0.05) is 15.9 Å². The second-order valence-corrected chi connectivity index (χ2v) is 4.06. The van der Waals surface area contributed by atoms with Crippen molar-refractivity contribution in [2.24, 2.45) is 5.41 Å². The Morgan fingerprint density at radius 2 is 2.42 bits per heavy atom. The van der Waals surface area contributed by atoms with Crippen molar-refractivity contribution in [3.8, 4) is 0 Å². The molecule has 1 fully saturated rings. The van der Waals surface area contributed by atoms with Gasteiger partial charge in [-0.05, 0) is 19.8 Å². The minimum atomic E-state index is 0.315. The van der Waals surface area contributed by atoms with E-state index in [0.717, 1.165) is 31.4 Å². The van der Waals surface area contributed by atoms with Gasteiger partial charge in [-0.3, -0.25) is 0 Å². The summed E-state index contributed by atoms with van der Waals surface area (Å²) in [6.45, 7) is 3.89. The average Bonchev–Trinajstić information content (AvgIpc) is 2.45. The zero-order valence-electron chi connectivity index (χ0n) is 7.81. The summed E-state index contributed by atoms with van der Waals surface area (Å²) >= 11 is 3.57. The Morgan fingerprint density at radius 1 is 1.67 bits per heavy atom. The molecule has 72 valence electrons. The molecule has 0 bridgehead atoms. The van der Waals surface area contributed by atoms with Crippen molar-refractivity contribution in [2.45, 2.75) is 25.9 Å². The van der Waals surface area contributed by atoms with Gasteiger partial charge in [0.2, 0.25) is 0 Å². The molecule has 0 amide bonds. The van der Waals surface area contributed by atoms with Crippen LogP contribution in [0.1, 0.15) is 19.8 Å². The highest BCUT2D eigenvalue weighted by atomic mass is 79.9. The molecule has 3 heteroatoms. The van der Waals surface area contributed by atoms with Gasteiger partial charge in [0.25, 0.3) is 0 Å². The minimum absolute atomic E-state index is 0.315. The van der Waals surface area contributed by atoms with Crippen LogP contribution in [0.3, 0.4) is 0 Å².